The van der Waals surface area contributed by atoms with E-state index in [9.17, 15) is 14.7 Å². The molecule has 2 atom stereocenters. The zero-order valence-electron chi connectivity index (χ0n) is 20.6. The summed E-state index contributed by atoms with van der Waals surface area (Å²) >= 11 is 0. The van der Waals surface area contributed by atoms with Crippen molar-refractivity contribution in [2.24, 2.45) is 5.92 Å². The van der Waals surface area contributed by atoms with Crippen LogP contribution in [0.25, 0.3) is 11.0 Å². The van der Waals surface area contributed by atoms with E-state index in [1.807, 2.05) is 49.4 Å². The van der Waals surface area contributed by atoms with Gasteiger partial charge in [-0.05, 0) is 70.1 Å². The van der Waals surface area contributed by atoms with E-state index in [1.54, 1.807) is 11.8 Å². The Kier molecular flexibility index (Phi) is 6.36. The number of amides is 1. The predicted molar refractivity (Wildman–Crippen MR) is 135 cm³/mol. The van der Waals surface area contributed by atoms with E-state index in [4.69, 9.17) is 9.72 Å². The van der Waals surface area contributed by atoms with E-state index in [1.165, 1.54) is 7.11 Å². The van der Waals surface area contributed by atoms with Gasteiger partial charge in [-0.2, -0.15) is 0 Å². The Morgan fingerprint density at radius 2 is 1.77 bits per heavy atom. The number of benzene rings is 2. The van der Waals surface area contributed by atoms with Gasteiger partial charge in [0.25, 0.3) is 0 Å². The molecular weight excluding hydrogens is 442 g/mol. The second-order valence-corrected chi connectivity index (χ2v) is 9.93. The number of carbonyl (C=O) groups excluding carboxylic acids is 2. The number of fused-ring (bicyclic) bond motifs is 3. The number of rotatable bonds is 4. The minimum absolute atomic E-state index is 0.0331. The van der Waals surface area contributed by atoms with Crippen molar-refractivity contribution in [1.29, 1.82) is 0 Å². The summed E-state index contributed by atoms with van der Waals surface area (Å²) in [5.74, 6) is 0.995. The largest absolute Gasteiger partial charge is 0.452 e. The third-order valence-corrected chi connectivity index (χ3v) is 7.85. The number of aryl methyl sites for hydroxylation is 1. The number of methoxy groups -OCH3 is 1. The zero-order valence-corrected chi connectivity index (χ0v) is 20.6. The van der Waals surface area contributed by atoms with E-state index in [0.29, 0.717) is 5.82 Å². The first-order valence-electron chi connectivity index (χ1n) is 12.5. The number of hydrogen-bond acceptors (Lipinski definition) is 5. The van der Waals surface area contributed by atoms with Gasteiger partial charge in [-0.15, -0.1) is 0 Å². The number of nitrogens with zero attached hydrogens (tertiary/aromatic N) is 3. The van der Waals surface area contributed by atoms with Crippen LogP contribution in [0.4, 0.5) is 10.5 Å². The van der Waals surface area contributed by atoms with Crippen molar-refractivity contribution in [3.05, 3.63) is 59.4 Å². The van der Waals surface area contributed by atoms with Crippen molar-refractivity contribution in [2.45, 2.75) is 70.6 Å². The van der Waals surface area contributed by atoms with Gasteiger partial charge in [0.05, 0.1) is 23.8 Å². The normalized spacial score (nSPS) is 23.1. The second kappa shape index (κ2) is 9.46. The number of Topliss-reactive ketones (excluding diaryl/α,β-unsaturated/α-hetero) is 1. The highest BCUT2D eigenvalue weighted by Gasteiger charge is 2.34. The summed E-state index contributed by atoms with van der Waals surface area (Å²) < 4.78 is 7.27. The van der Waals surface area contributed by atoms with Crippen molar-refractivity contribution in [3.63, 3.8) is 0 Å². The quantitative estimate of drug-likeness (QED) is 0.550. The smallest absolute Gasteiger partial charge is 0.414 e. The summed E-state index contributed by atoms with van der Waals surface area (Å²) in [4.78, 5) is 31.3. The maximum absolute atomic E-state index is 12.6. The summed E-state index contributed by atoms with van der Waals surface area (Å²) in [5.41, 5.74) is 4.44. The van der Waals surface area contributed by atoms with Crippen LogP contribution < -0.4 is 4.90 Å². The van der Waals surface area contributed by atoms with Crippen molar-refractivity contribution in [2.75, 3.05) is 12.0 Å². The molecule has 1 amide bonds. The molecule has 1 aliphatic carbocycles. The van der Waals surface area contributed by atoms with E-state index < -0.39 is 6.10 Å². The standard InChI is InChI=1S/C28H33N3O4/c1-17-9-14-22-23(30(17)28(34)35-3)15-16-24-25(22)29-27(26(33)20-7-5-4-6-8-20)31(24)21-12-10-19(11-13-21)18(2)32/h4-8,15-17,19,21,26,33H,9-14H2,1-3H3/t17-,19?,21?,26+/m0/s1. The first-order valence-corrected chi connectivity index (χ1v) is 12.5. The fourth-order valence-electron chi connectivity index (χ4n) is 5.89. The number of anilines is 1. The average Bonchev–Trinajstić information content (AvgIpc) is 3.28. The fourth-order valence-corrected chi connectivity index (χ4v) is 5.89. The molecule has 1 aliphatic heterocycles. The van der Waals surface area contributed by atoms with Gasteiger partial charge in [0.15, 0.2) is 0 Å². The molecule has 1 N–H and O–H groups in total. The molecule has 0 unspecified atom stereocenters. The topological polar surface area (TPSA) is 84.7 Å². The highest BCUT2D eigenvalue weighted by Crippen LogP contribution is 2.42. The highest BCUT2D eigenvalue weighted by molar-refractivity contribution is 5.95. The van der Waals surface area contributed by atoms with Gasteiger partial charge >= 0.3 is 6.09 Å². The highest BCUT2D eigenvalue weighted by atomic mass is 16.5. The number of hydrogen-bond donors (Lipinski definition) is 1. The van der Waals surface area contributed by atoms with Crippen LogP contribution in [0.15, 0.2) is 42.5 Å². The molecule has 2 heterocycles. The molecule has 0 radical (unpaired) electrons. The lowest BCUT2D eigenvalue weighted by Crippen LogP contribution is -2.42. The number of imidazole rings is 1. The van der Waals surface area contributed by atoms with Gasteiger partial charge in [0.2, 0.25) is 0 Å². The number of carbonyl (C=O) groups is 2. The lowest BCUT2D eigenvalue weighted by atomic mass is 9.83. The summed E-state index contributed by atoms with van der Waals surface area (Å²) in [6.07, 6.45) is 3.80. The van der Waals surface area contributed by atoms with E-state index in [2.05, 4.69) is 4.57 Å². The van der Waals surface area contributed by atoms with Crippen molar-refractivity contribution >= 4 is 28.6 Å². The monoisotopic (exact) mass is 475 g/mol. The molecule has 184 valence electrons. The first kappa shape index (κ1) is 23.5. The molecule has 1 saturated carbocycles. The first-order chi connectivity index (χ1) is 16.9. The Labute approximate surface area is 205 Å². The SMILES string of the molecule is COC(=O)N1c2ccc3c(nc([C@H](O)c4ccccc4)n3C3CCC(C(C)=O)CC3)c2CC[C@@H]1C. The zero-order chi connectivity index (χ0) is 24.7. The van der Waals surface area contributed by atoms with Crippen molar-refractivity contribution < 1.29 is 19.4 Å². The van der Waals surface area contributed by atoms with Crippen molar-refractivity contribution in [1.82, 2.24) is 9.55 Å². The van der Waals surface area contributed by atoms with Crippen LogP contribution in [0.5, 0.6) is 0 Å². The van der Waals surface area contributed by atoms with Gasteiger partial charge in [-0.25, -0.2) is 9.78 Å². The maximum Gasteiger partial charge on any atom is 0.414 e. The Bertz CT molecular complexity index is 1240. The molecule has 5 rings (SSSR count). The minimum Gasteiger partial charge on any atom is -0.452 e. The number of aliphatic hydroxyl groups excluding tert-OH is 1. The van der Waals surface area contributed by atoms with Gasteiger partial charge in [-0.3, -0.25) is 9.69 Å². The van der Waals surface area contributed by atoms with Crippen LogP contribution in [0.3, 0.4) is 0 Å². The maximum atomic E-state index is 12.6. The Morgan fingerprint density at radius 1 is 1.06 bits per heavy atom. The molecule has 3 aromatic rings. The molecule has 1 fully saturated rings. The van der Waals surface area contributed by atoms with E-state index >= 15 is 0 Å². The molecule has 7 heteroatoms. The van der Waals surface area contributed by atoms with Gasteiger partial charge < -0.3 is 14.4 Å². The molecule has 35 heavy (non-hydrogen) atoms. The lowest BCUT2D eigenvalue weighted by molar-refractivity contribution is -0.121. The van der Waals surface area contributed by atoms with Crippen LogP contribution in [-0.4, -0.2) is 39.7 Å². The summed E-state index contributed by atoms with van der Waals surface area (Å²) in [6.45, 7) is 3.71. The van der Waals surface area contributed by atoms with Gasteiger partial charge in [0, 0.05) is 23.6 Å². The third-order valence-electron chi connectivity index (χ3n) is 7.85. The molecular formula is C28H33N3O4. The number of ether oxygens (including phenoxy) is 1. The molecule has 7 nitrogen and oxygen atoms in total. The summed E-state index contributed by atoms with van der Waals surface area (Å²) in [5, 5.41) is 11.4. The molecule has 2 aromatic carbocycles. The van der Waals surface area contributed by atoms with Crippen LogP contribution >= 0.6 is 0 Å². The predicted octanol–water partition coefficient (Wildman–Crippen LogP) is 5.35. The Morgan fingerprint density at radius 3 is 2.43 bits per heavy atom. The molecule has 0 saturated heterocycles. The number of aromatic nitrogens is 2. The fraction of sp³-hybridized carbons (Fsp3) is 0.464. The lowest BCUT2D eigenvalue weighted by Gasteiger charge is -2.34. The van der Waals surface area contributed by atoms with Crippen molar-refractivity contribution in [3.8, 4) is 0 Å². The summed E-state index contributed by atoms with van der Waals surface area (Å²) in [7, 11) is 1.41. The Balaban J connectivity index is 1.65. The van der Waals surface area contributed by atoms with E-state index in [-0.39, 0.29) is 29.9 Å². The van der Waals surface area contributed by atoms with E-state index in [0.717, 1.165) is 66.4 Å². The van der Waals surface area contributed by atoms with Gasteiger partial charge in [0.1, 0.15) is 17.7 Å². The average molecular weight is 476 g/mol. The number of aliphatic hydroxyl groups is 1. The molecule has 0 bridgehead atoms. The summed E-state index contributed by atoms with van der Waals surface area (Å²) in [6, 6.07) is 13.8. The van der Waals surface area contributed by atoms with Crippen LogP contribution in [0.2, 0.25) is 0 Å². The van der Waals surface area contributed by atoms with Crippen LogP contribution in [-0.2, 0) is 16.0 Å². The number of ketones is 1. The van der Waals surface area contributed by atoms with Crippen LogP contribution in [0.1, 0.15) is 75.0 Å². The molecule has 2 aliphatic rings. The molecule has 1 aromatic heterocycles. The minimum atomic E-state index is -0.871. The molecule has 0 spiro atoms. The van der Waals surface area contributed by atoms with Crippen LogP contribution in [0, 0.1) is 5.92 Å². The second-order valence-electron chi connectivity index (χ2n) is 9.93. The van der Waals surface area contributed by atoms with Gasteiger partial charge in [-0.1, -0.05) is 30.3 Å². The third kappa shape index (κ3) is 4.12. The Hall–Kier alpha value is -3.19.